The summed E-state index contributed by atoms with van der Waals surface area (Å²) in [5.41, 5.74) is -0.0987. The zero-order valence-corrected chi connectivity index (χ0v) is 11.9. The van der Waals surface area contributed by atoms with Crippen LogP contribution in [0, 0.1) is 10.1 Å². The number of rotatable bonds is 4. The third kappa shape index (κ3) is 2.79. The van der Waals surface area contributed by atoms with Gasteiger partial charge in [-0.1, -0.05) is 0 Å². The highest BCUT2D eigenvalue weighted by Crippen LogP contribution is 2.21. The SMILES string of the molecule is C[C@@H]1[C@@H](N(C)C)CCN1C(=O)Cn1cc([N+](=O)[O-])cn1. The molecule has 2 rings (SSSR count). The van der Waals surface area contributed by atoms with Gasteiger partial charge in [-0.3, -0.25) is 19.6 Å². The lowest BCUT2D eigenvalue weighted by Gasteiger charge is -2.28. The summed E-state index contributed by atoms with van der Waals surface area (Å²) >= 11 is 0. The second-order valence-corrected chi connectivity index (χ2v) is 5.30. The minimum absolute atomic E-state index is 0.0400. The highest BCUT2D eigenvalue weighted by atomic mass is 16.6. The molecule has 2 heterocycles. The lowest BCUT2D eigenvalue weighted by atomic mass is 10.1. The van der Waals surface area contributed by atoms with E-state index in [-0.39, 0.29) is 24.2 Å². The predicted octanol–water partition coefficient (Wildman–Crippen LogP) is 0.342. The van der Waals surface area contributed by atoms with Crippen LogP contribution in [0.4, 0.5) is 5.69 Å². The average molecular weight is 281 g/mol. The Bertz CT molecular complexity index is 513. The van der Waals surface area contributed by atoms with E-state index in [0.29, 0.717) is 12.6 Å². The number of hydrogen-bond acceptors (Lipinski definition) is 5. The van der Waals surface area contributed by atoms with E-state index in [9.17, 15) is 14.9 Å². The minimum atomic E-state index is -0.519. The third-order valence-corrected chi connectivity index (χ3v) is 3.83. The summed E-state index contributed by atoms with van der Waals surface area (Å²) in [6.07, 6.45) is 3.38. The number of carbonyl (C=O) groups excluding carboxylic acids is 1. The molecule has 1 aromatic heterocycles. The summed E-state index contributed by atoms with van der Waals surface area (Å²) in [7, 11) is 4.01. The lowest BCUT2D eigenvalue weighted by molar-refractivity contribution is -0.385. The molecule has 1 amide bonds. The molecule has 1 saturated heterocycles. The highest BCUT2D eigenvalue weighted by Gasteiger charge is 2.34. The van der Waals surface area contributed by atoms with Gasteiger partial charge in [0.15, 0.2) is 0 Å². The molecule has 1 aliphatic heterocycles. The first-order valence-corrected chi connectivity index (χ1v) is 6.53. The van der Waals surface area contributed by atoms with Gasteiger partial charge < -0.3 is 9.80 Å². The highest BCUT2D eigenvalue weighted by molar-refractivity contribution is 5.76. The maximum absolute atomic E-state index is 12.2. The Kier molecular flexibility index (Phi) is 4.03. The largest absolute Gasteiger partial charge is 0.337 e. The van der Waals surface area contributed by atoms with Crippen LogP contribution in [-0.4, -0.2) is 63.1 Å². The molecule has 8 heteroatoms. The summed E-state index contributed by atoms with van der Waals surface area (Å²) < 4.78 is 1.32. The quantitative estimate of drug-likeness (QED) is 0.587. The van der Waals surface area contributed by atoms with E-state index in [1.54, 1.807) is 0 Å². The van der Waals surface area contributed by atoms with Gasteiger partial charge in [-0.05, 0) is 27.4 Å². The minimum Gasteiger partial charge on any atom is -0.337 e. The van der Waals surface area contributed by atoms with E-state index < -0.39 is 4.92 Å². The van der Waals surface area contributed by atoms with E-state index in [1.807, 2.05) is 25.9 Å². The van der Waals surface area contributed by atoms with Gasteiger partial charge in [0.05, 0.1) is 4.92 Å². The molecule has 0 N–H and O–H groups in total. The van der Waals surface area contributed by atoms with Gasteiger partial charge in [0.2, 0.25) is 5.91 Å². The maximum atomic E-state index is 12.2. The molecule has 1 fully saturated rings. The van der Waals surface area contributed by atoms with Crippen LogP contribution in [0.3, 0.4) is 0 Å². The van der Waals surface area contributed by atoms with Crippen molar-refractivity contribution in [1.82, 2.24) is 19.6 Å². The Morgan fingerprint density at radius 2 is 2.30 bits per heavy atom. The van der Waals surface area contributed by atoms with Crippen LogP contribution in [-0.2, 0) is 11.3 Å². The summed E-state index contributed by atoms with van der Waals surface area (Å²) in [6.45, 7) is 2.78. The molecule has 1 aliphatic rings. The Hall–Kier alpha value is -1.96. The Balaban J connectivity index is 2.00. The fourth-order valence-corrected chi connectivity index (χ4v) is 2.73. The number of likely N-dealkylation sites (N-methyl/N-ethyl adjacent to an activating group) is 1. The third-order valence-electron chi connectivity index (χ3n) is 3.83. The zero-order chi connectivity index (χ0) is 14.9. The molecule has 0 aliphatic carbocycles. The molecule has 0 spiro atoms. The fourth-order valence-electron chi connectivity index (χ4n) is 2.73. The molecule has 0 aromatic carbocycles. The molecule has 110 valence electrons. The van der Waals surface area contributed by atoms with Crippen LogP contribution in [0.15, 0.2) is 12.4 Å². The van der Waals surface area contributed by atoms with Crippen LogP contribution in [0.2, 0.25) is 0 Å². The molecule has 0 unspecified atom stereocenters. The number of aromatic nitrogens is 2. The van der Waals surface area contributed by atoms with E-state index in [1.165, 1.54) is 10.9 Å². The first-order valence-electron chi connectivity index (χ1n) is 6.53. The van der Waals surface area contributed by atoms with Crippen molar-refractivity contribution in [2.75, 3.05) is 20.6 Å². The van der Waals surface area contributed by atoms with Crippen LogP contribution in [0.5, 0.6) is 0 Å². The van der Waals surface area contributed by atoms with Crippen molar-refractivity contribution in [3.63, 3.8) is 0 Å². The molecule has 20 heavy (non-hydrogen) atoms. The summed E-state index contributed by atoms with van der Waals surface area (Å²) in [6, 6.07) is 0.494. The zero-order valence-electron chi connectivity index (χ0n) is 11.9. The van der Waals surface area contributed by atoms with Crippen molar-refractivity contribution in [2.45, 2.75) is 32.0 Å². The number of hydrogen-bond donors (Lipinski definition) is 0. The van der Waals surface area contributed by atoms with Gasteiger partial charge in [-0.25, -0.2) is 0 Å². The van der Waals surface area contributed by atoms with Gasteiger partial charge in [0.1, 0.15) is 18.9 Å². The first-order chi connectivity index (χ1) is 9.40. The predicted molar refractivity (Wildman–Crippen MR) is 72.1 cm³/mol. The number of likely N-dealkylation sites (tertiary alicyclic amines) is 1. The van der Waals surface area contributed by atoms with Crippen LogP contribution >= 0.6 is 0 Å². The van der Waals surface area contributed by atoms with Crippen molar-refractivity contribution < 1.29 is 9.72 Å². The van der Waals surface area contributed by atoms with E-state index >= 15 is 0 Å². The van der Waals surface area contributed by atoms with Crippen molar-refractivity contribution in [2.24, 2.45) is 0 Å². The molecule has 2 atom stereocenters. The van der Waals surface area contributed by atoms with Crippen LogP contribution < -0.4 is 0 Å². The summed E-state index contributed by atoms with van der Waals surface area (Å²) in [5.74, 6) is -0.0557. The normalized spacial score (nSPS) is 22.5. The molecule has 1 aromatic rings. The topological polar surface area (TPSA) is 84.5 Å². The van der Waals surface area contributed by atoms with Gasteiger partial charge >= 0.3 is 5.69 Å². The summed E-state index contributed by atoms with van der Waals surface area (Å²) in [5, 5.41) is 14.4. The Morgan fingerprint density at radius 1 is 1.60 bits per heavy atom. The van der Waals surface area contributed by atoms with E-state index in [4.69, 9.17) is 0 Å². The van der Waals surface area contributed by atoms with E-state index in [0.717, 1.165) is 12.6 Å². The molecule has 0 saturated carbocycles. The van der Waals surface area contributed by atoms with Gasteiger partial charge in [0.25, 0.3) is 0 Å². The van der Waals surface area contributed by atoms with Crippen molar-refractivity contribution in [3.05, 3.63) is 22.5 Å². The van der Waals surface area contributed by atoms with Crippen molar-refractivity contribution in [1.29, 1.82) is 0 Å². The number of carbonyl (C=O) groups is 1. The van der Waals surface area contributed by atoms with Gasteiger partial charge in [0, 0.05) is 18.6 Å². The average Bonchev–Trinajstić information content (AvgIpc) is 2.95. The van der Waals surface area contributed by atoms with Crippen molar-refractivity contribution in [3.8, 4) is 0 Å². The molecule has 0 radical (unpaired) electrons. The Morgan fingerprint density at radius 3 is 2.80 bits per heavy atom. The second kappa shape index (κ2) is 5.58. The van der Waals surface area contributed by atoms with Crippen molar-refractivity contribution >= 4 is 11.6 Å². The smallest absolute Gasteiger partial charge is 0.307 e. The van der Waals surface area contributed by atoms with Gasteiger partial charge in [-0.15, -0.1) is 0 Å². The van der Waals surface area contributed by atoms with Crippen LogP contribution in [0.25, 0.3) is 0 Å². The Labute approximate surface area is 117 Å². The first kappa shape index (κ1) is 14.4. The van der Waals surface area contributed by atoms with Gasteiger partial charge in [-0.2, -0.15) is 5.10 Å². The monoisotopic (exact) mass is 281 g/mol. The number of amides is 1. The van der Waals surface area contributed by atoms with Crippen LogP contribution in [0.1, 0.15) is 13.3 Å². The number of nitrogens with zero attached hydrogens (tertiary/aromatic N) is 5. The standard InChI is InChI=1S/C12H19N5O3/c1-9-11(14(2)3)4-5-16(9)12(18)8-15-7-10(6-13-15)17(19)20/h6-7,9,11H,4-5,8H2,1-3H3/t9-,11+/m1/s1. The fraction of sp³-hybridized carbons (Fsp3) is 0.667. The second-order valence-electron chi connectivity index (χ2n) is 5.30. The summed E-state index contributed by atoms with van der Waals surface area (Å²) in [4.78, 5) is 26.2. The molecule has 0 bridgehead atoms. The number of nitro groups is 1. The lowest BCUT2D eigenvalue weighted by Crippen LogP contribution is -2.43. The molecular formula is C12H19N5O3. The maximum Gasteiger partial charge on any atom is 0.307 e. The molecular weight excluding hydrogens is 262 g/mol. The molecule has 8 nitrogen and oxygen atoms in total. The van der Waals surface area contributed by atoms with E-state index in [2.05, 4.69) is 10.00 Å².